The lowest BCUT2D eigenvalue weighted by Gasteiger charge is -2.11. The highest BCUT2D eigenvalue weighted by atomic mass is 35.5. The summed E-state index contributed by atoms with van der Waals surface area (Å²) in [6.45, 7) is -0.350. The highest BCUT2D eigenvalue weighted by Gasteiger charge is 2.12. The van der Waals surface area contributed by atoms with Crippen molar-refractivity contribution in [3.8, 4) is 0 Å². The first kappa shape index (κ1) is 13.7. The lowest BCUT2D eigenvalue weighted by Crippen LogP contribution is -2.11. The van der Waals surface area contributed by atoms with Gasteiger partial charge in [0.25, 0.3) is 10.1 Å². The molecule has 90 valence electrons. The van der Waals surface area contributed by atoms with Crippen molar-refractivity contribution in [3.05, 3.63) is 33.8 Å². The number of rotatable bonds is 4. The van der Waals surface area contributed by atoms with Crippen molar-refractivity contribution in [2.24, 2.45) is 0 Å². The molecule has 0 heterocycles. The van der Waals surface area contributed by atoms with E-state index in [0.29, 0.717) is 10.6 Å². The van der Waals surface area contributed by atoms with Crippen molar-refractivity contribution >= 4 is 33.3 Å². The number of aliphatic hydroxyl groups excluding tert-OH is 1. The zero-order chi connectivity index (χ0) is 12.3. The van der Waals surface area contributed by atoms with Crippen molar-refractivity contribution in [2.45, 2.75) is 6.10 Å². The molecule has 0 spiro atoms. The first-order chi connectivity index (χ1) is 7.29. The molecule has 0 radical (unpaired) electrons. The largest absolute Gasteiger partial charge is 0.386 e. The Hall–Kier alpha value is -0.330. The molecule has 4 nitrogen and oxygen atoms in total. The monoisotopic (exact) mass is 284 g/mol. The predicted molar refractivity (Wildman–Crippen MR) is 62.2 cm³/mol. The maximum absolute atomic E-state index is 10.7. The minimum atomic E-state index is -3.56. The molecular weight excluding hydrogens is 275 g/mol. The van der Waals surface area contributed by atoms with Crippen LogP contribution in [0.1, 0.15) is 11.7 Å². The van der Waals surface area contributed by atoms with E-state index in [9.17, 15) is 13.5 Å². The van der Waals surface area contributed by atoms with Crippen molar-refractivity contribution in [3.63, 3.8) is 0 Å². The predicted octanol–water partition coefficient (Wildman–Crippen LogP) is 2.00. The lowest BCUT2D eigenvalue weighted by atomic mass is 10.1. The van der Waals surface area contributed by atoms with Gasteiger partial charge in [0, 0.05) is 0 Å². The van der Waals surface area contributed by atoms with E-state index < -0.39 is 16.2 Å². The van der Waals surface area contributed by atoms with Gasteiger partial charge < -0.3 is 5.11 Å². The first-order valence-corrected chi connectivity index (χ1v) is 6.84. The highest BCUT2D eigenvalue weighted by Crippen LogP contribution is 2.25. The molecule has 7 heteroatoms. The van der Waals surface area contributed by atoms with E-state index >= 15 is 0 Å². The quantitative estimate of drug-likeness (QED) is 0.859. The maximum Gasteiger partial charge on any atom is 0.264 e. The van der Waals surface area contributed by atoms with Gasteiger partial charge in [0.2, 0.25) is 0 Å². The fraction of sp³-hybridized carbons (Fsp3) is 0.333. The van der Waals surface area contributed by atoms with Crippen LogP contribution in [-0.2, 0) is 14.3 Å². The summed E-state index contributed by atoms with van der Waals surface area (Å²) in [6.07, 6.45) is -0.154. The number of hydrogen-bond acceptors (Lipinski definition) is 4. The van der Waals surface area contributed by atoms with Gasteiger partial charge in [0.15, 0.2) is 0 Å². The Bertz CT molecular complexity index is 472. The molecule has 0 bridgehead atoms. The van der Waals surface area contributed by atoms with Gasteiger partial charge in [0.05, 0.1) is 22.9 Å². The van der Waals surface area contributed by atoms with Gasteiger partial charge >= 0.3 is 0 Å². The normalized spacial score (nSPS) is 13.8. The minimum absolute atomic E-state index is 0.289. The number of halogens is 2. The molecular formula is C9H10Cl2O4S. The summed E-state index contributed by atoms with van der Waals surface area (Å²) in [5.74, 6) is 0. The molecule has 0 aromatic heterocycles. The Morgan fingerprint density at radius 1 is 1.38 bits per heavy atom. The molecule has 0 fully saturated rings. The van der Waals surface area contributed by atoms with Crippen molar-refractivity contribution in [1.29, 1.82) is 0 Å². The second kappa shape index (κ2) is 5.33. The van der Waals surface area contributed by atoms with Crippen molar-refractivity contribution in [2.75, 3.05) is 12.9 Å². The second-order valence-electron chi connectivity index (χ2n) is 3.18. The van der Waals surface area contributed by atoms with Gasteiger partial charge in [-0.3, -0.25) is 4.18 Å². The van der Waals surface area contributed by atoms with Gasteiger partial charge in [-0.25, -0.2) is 0 Å². The molecule has 0 saturated heterocycles. The molecule has 1 N–H and O–H groups in total. The van der Waals surface area contributed by atoms with E-state index in [-0.39, 0.29) is 11.6 Å². The summed E-state index contributed by atoms with van der Waals surface area (Å²) in [4.78, 5) is 0. The number of benzene rings is 1. The molecule has 0 aliphatic rings. The first-order valence-electron chi connectivity index (χ1n) is 4.27. The molecule has 1 atom stereocenters. The number of aliphatic hydroxyl groups is 1. The molecule has 1 rings (SSSR count). The topological polar surface area (TPSA) is 63.6 Å². The van der Waals surface area contributed by atoms with E-state index in [1.807, 2.05) is 0 Å². The minimum Gasteiger partial charge on any atom is -0.386 e. The Balaban J connectivity index is 2.73. The van der Waals surface area contributed by atoms with E-state index in [0.717, 1.165) is 6.26 Å². The summed E-state index contributed by atoms with van der Waals surface area (Å²) in [7, 11) is -3.56. The summed E-state index contributed by atoms with van der Waals surface area (Å²) in [5, 5.41) is 10.3. The van der Waals surface area contributed by atoms with Gasteiger partial charge in [-0.05, 0) is 17.7 Å². The lowest BCUT2D eigenvalue weighted by molar-refractivity contribution is 0.112. The van der Waals surface area contributed by atoms with Crippen LogP contribution < -0.4 is 0 Å². The van der Waals surface area contributed by atoms with Crippen LogP contribution in [0, 0.1) is 0 Å². The van der Waals surface area contributed by atoms with Gasteiger partial charge in [-0.2, -0.15) is 8.42 Å². The van der Waals surface area contributed by atoms with Crippen molar-refractivity contribution in [1.82, 2.24) is 0 Å². The average molecular weight is 285 g/mol. The summed E-state index contributed by atoms with van der Waals surface area (Å²) in [6, 6.07) is 4.52. The molecule has 0 amide bonds. The maximum atomic E-state index is 10.7. The molecule has 0 aliphatic carbocycles. The van der Waals surface area contributed by atoms with Gasteiger partial charge in [-0.15, -0.1) is 0 Å². The molecule has 0 saturated carbocycles. The third-order valence-corrected chi connectivity index (χ3v) is 3.07. The Morgan fingerprint density at radius 3 is 2.50 bits per heavy atom. The smallest absolute Gasteiger partial charge is 0.264 e. The molecule has 1 aromatic carbocycles. The van der Waals surface area contributed by atoms with Crippen LogP contribution >= 0.6 is 23.2 Å². The Morgan fingerprint density at radius 2 is 2.00 bits per heavy atom. The van der Waals surface area contributed by atoms with Crippen LogP contribution in [-0.4, -0.2) is 26.4 Å². The zero-order valence-electron chi connectivity index (χ0n) is 8.35. The van der Waals surface area contributed by atoms with Crippen LogP contribution in [0.15, 0.2) is 18.2 Å². The average Bonchev–Trinajstić information content (AvgIpc) is 2.17. The van der Waals surface area contributed by atoms with E-state index in [4.69, 9.17) is 23.2 Å². The SMILES string of the molecule is CS(=O)(=O)OCC(O)c1ccc(Cl)c(Cl)c1. The molecule has 16 heavy (non-hydrogen) atoms. The second-order valence-corrected chi connectivity index (χ2v) is 5.64. The van der Waals surface area contributed by atoms with Crippen molar-refractivity contribution < 1.29 is 17.7 Å². The summed E-state index contributed by atoms with van der Waals surface area (Å²) < 4.78 is 25.9. The van der Waals surface area contributed by atoms with Gasteiger partial charge in [-0.1, -0.05) is 29.3 Å². The van der Waals surface area contributed by atoms with E-state index in [2.05, 4.69) is 4.18 Å². The zero-order valence-corrected chi connectivity index (χ0v) is 10.7. The highest BCUT2D eigenvalue weighted by molar-refractivity contribution is 7.85. The van der Waals surface area contributed by atoms with Gasteiger partial charge in [0.1, 0.15) is 6.10 Å². The molecule has 1 unspecified atom stereocenters. The third kappa shape index (κ3) is 4.27. The molecule has 1 aromatic rings. The number of hydrogen-bond donors (Lipinski definition) is 1. The standard InChI is InChI=1S/C9H10Cl2O4S/c1-16(13,14)15-5-9(12)6-2-3-7(10)8(11)4-6/h2-4,9,12H,5H2,1H3. The van der Waals surface area contributed by atoms with Crippen LogP contribution in [0.25, 0.3) is 0 Å². The Kier molecular flexibility index (Phi) is 4.58. The van der Waals surface area contributed by atoms with E-state index in [1.165, 1.54) is 12.1 Å². The summed E-state index contributed by atoms with van der Waals surface area (Å²) >= 11 is 11.4. The van der Waals surface area contributed by atoms with Crippen LogP contribution in [0.3, 0.4) is 0 Å². The van der Waals surface area contributed by atoms with E-state index in [1.54, 1.807) is 6.07 Å². The van der Waals surface area contributed by atoms with Crippen LogP contribution in [0.4, 0.5) is 0 Å². The van der Waals surface area contributed by atoms with Crippen LogP contribution in [0.2, 0.25) is 10.0 Å². The Labute approximate surface area is 104 Å². The third-order valence-electron chi connectivity index (χ3n) is 1.77. The van der Waals surface area contributed by atoms with Crippen LogP contribution in [0.5, 0.6) is 0 Å². The fourth-order valence-corrected chi connectivity index (χ4v) is 1.69. The molecule has 0 aliphatic heterocycles. The fourth-order valence-electron chi connectivity index (χ4n) is 1.00. The summed E-state index contributed by atoms with van der Waals surface area (Å²) in [5.41, 5.74) is 0.443.